The van der Waals surface area contributed by atoms with Gasteiger partial charge in [-0.1, -0.05) is 18.2 Å². The minimum absolute atomic E-state index is 0.0223. The Morgan fingerprint density at radius 2 is 2.17 bits per heavy atom. The molecule has 0 amide bonds. The van der Waals surface area contributed by atoms with Gasteiger partial charge in [0.05, 0.1) is 11.6 Å². The monoisotopic (exact) mass is 247 g/mol. The van der Waals surface area contributed by atoms with Crippen LogP contribution in [0.25, 0.3) is 5.69 Å². The van der Waals surface area contributed by atoms with Crippen LogP contribution in [0, 0.1) is 0 Å². The van der Waals surface area contributed by atoms with Gasteiger partial charge >= 0.3 is 11.7 Å². The van der Waals surface area contributed by atoms with Gasteiger partial charge < -0.3 is 15.8 Å². The average Bonchev–Trinajstić information content (AvgIpc) is 2.76. The van der Waals surface area contributed by atoms with Gasteiger partial charge in [0.15, 0.2) is 0 Å². The van der Waals surface area contributed by atoms with Gasteiger partial charge in [-0.15, -0.1) is 0 Å². The minimum atomic E-state index is -1.01. The summed E-state index contributed by atoms with van der Waals surface area (Å²) in [5, 5.41) is 9.14. The first-order valence-electron chi connectivity index (χ1n) is 5.43. The highest BCUT2D eigenvalue weighted by Gasteiger charge is 2.21. The maximum atomic E-state index is 11.6. The van der Waals surface area contributed by atoms with Gasteiger partial charge in [-0.05, 0) is 11.6 Å². The molecule has 2 aromatic rings. The molecule has 4 N–H and O–H groups in total. The van der Waals surface area contributed by atoms with E-state index in [4.69, 9.17) is 10.8 Å². The number of imidazole rings is 1. The smallest absolute Gasteiger partial charge is 0.330 e. The summed E-state index contributed by atoms with van der Waals surface area (Å²) in [5.74, 6) is -1.84. The number of H-pyrrole nitrogens is 1. The van der Waals surface area contributed by atoms with Crippen molar-refractivity contribution in [3.05, 3.63) is 52.7 Å². The van der Waals surface area contributed by atoms with Gasteiger partial charge in [0.25, 0.3) is 0 Å². The fourth-order valence-electron chi connectivity index (χ4n) is 1.87. The van der Waals surface area contributed by atoms with Crippen molar-refractivity contribution in [2.75, 3.05) is 6.54 Å². The minimum Gasteiger partial charge on any atom is -0.481 e. The van der Waals surface area contributed by atoms with E-state index in [-0.39, 0.29) is 12.2 Å². The van der Waals surface area contributed by atoms with Crippen LogP contribution in [-0.4, -0.2) is 27.2 Å². The quantitative estimate of drug-likeness (QED) is 0.722. The van der Waals surface area contributed by atoms with Crippen molar-refractivity contribution in [3.8, 4) is 5.69 Å². The van der Waals surface area contributed by atoms with Crippen LogP contribution >= 0.6 is 0 Å². The highest BCUT2D eigenvalue weighted by Crippen LogP contribution is 2.22. The Morgan fingerprint density at radius 1 is 1.44 bits per heavy atom. The summed E-state index contributed by atoms with van der Waals surface area (Å²) in [5.41, 5.74) is 6.23. The number of hydrogen-bond donors (Lipinski definition) is 3. The number of nitrogens with one attached hydrogen (secondary N) is 1. The molecule has 6 nitrogen and oxygen atoms in total. The lowest BCUT2D eigenvalue weighted by Gasteiger charge is -2.15. The molecule has 1 heterocycles. The summed E-state index contributed by atoms with van der Waals surface area (Å²) >= 11 is 0. The molecule has 18 heavy (non-hydrogen) atoms. The number of benzene rings is 1. The second-order valence-electron chi connectivity index (χ2n) is 3.82. The standard InChI is InChI=1S/C12H13N3O3/c13-7-9(11(16)17)8-3-1-2-4-10(8)15-6-5-14-12(15)18/h1-6,9H,7,13H2,(H,14,18)(H,16,17). The molecule has 0 saturated heterocycles. The van der Waals surface area contributed by atoms with E-state index >= 15 is 0 Å². The maximum Gasteiger partial charge on any atom is 0.330 e. The van der Waals surface area contributed by atoms with Crippen molar-refractivity contribution in [2.45, 2.75) is 5.92 Å². The van der Waals surface area contributed by atoms with Gasteiger partial charge in [0, 0.05) is 18.9 Å². The van der Waals surface area contributed by atoms with Gasteiger partial charge in [-0.2, -0.15) is 0 Å². The number of carbonyl (C=O) groups is 1. The number of nitrogens with two attached hydrogens (primary N) is 1. The topological polar surface area (TPSA) is 101 Å². The van der Waals surface area contributed by atoms with E-state index in [9.17, 15) is 9.59 Å². The number of aromatic nitrogens is 2. The van der Waals surface area contributed by atoms with Crippen LogP contribution < -0.4 is 11.4 Å². The lowest BCUT2D eigenvalue weighted by atomic mass is 9.97. The van der Waals surface area contributed by atoms with Crippen LogP contribution in [0.1, 0.15) is 11.5 Å². The first kappa shape index (κ1) is 12.1. The summed E-state index contributed by atoms with van der Waals surface area (Å²) in [4.78, 5) is 25.3. The lowest BCUT2D eigenvalue weighted by molar-refractivity contribution is -0.138. The highest BCUT2D eigenvalue weighted by molar-refractivity contribution is 5.78. The molecular formula is C12H13N3O3. The molecule has 94 valence electrons. The Balaban J connectivity index is 2.60. The number of aromatic amines is 1. The molecule has 0 aliphatic heterocycles. The molecule has 0 aliphatic carbocycles. The predicted octanol–water partition coefficient (Wildman–Crippen LogP) is 0.292. The third kappa shape index (κ3) is 2.05. The van der Waals surface area contributed by atoms with Crippen molar-refractivity contribution in [1.82, 2.24) is 9.55 Å². The summed E-state index contributed by atoms with van der Waals surface area (Å²) in [6.45, 7) is -0.0223. The molecule has 0 aliphatic rings. The second kappa shape index (κ2) is 4.89. The molecule has 1 aromatic heterocycles. The fourth-order valence-corrected chi connectivity index (χ4v) is 1.87. The molecule has 0 fully saturated rings. The molecule has 0 bridgehead atoms. The van der Waals surface area contributed by atoms with Crippen LogP contribution in [-0.2, 0) is 4.79 Å². The number of carboxylic acid groups (broad SMARTS) is 1. The fraction of sp³-hybridized carbons (Fsp3) is 0.167. The van der Waals surface area contributed by atoms with E-state index in [1.807, 2.05) is 0 Å². The number of carboxylic acids is 1. The third-order valence-corrected chi connectivity index (χ3v) is 2.75. The summed E-state index contributed by atoms with van der Waals surface area (Å²) in [6.07, 6.45) is 3.05. The number of rotatable bonds is 4. The Labute approximate surface area is 103 Å². The van der Waals surface area contributed by atoms with E-state index in [0.29, 0.717) is 11.3 Å². The molecule has 1 unspecified atom stereocenters. The molecular weight excluding hydrogens is 234 g/mol. The Hall–Kier alpha value is -2.34. The van der Waals surface area contributed by atoms with Gasteiger partial charge in [0.2, 0.25) is 0 Å². The molecule has 0 saturated carbocycles. The molecule has 1 atom stereocenters. The lowest BCUT2D eigenvalue weighted by Crippen LogP contribution is -2.24. The number of aliphatic carboxylic acids is 1. The van der Waals surface area contributed by atoms with Crippen LogP contribution in [0.3, 0.4) is 0 Å². The summed E-state index contributed by atoms with van der Waals surface area (Å²) < 4.78 is 1.36. The molecule has 1 aromatic carbocycles. The highest BCUT2D eigenvalue weighted by atomic mass is 16.4. The zero-order valence-corrected chi connectivity index (χ0v) is 9.54. The molecule has 0 spiro atoms. The van der Waals surface area contributed by atoms with Crippen LogP contribution in [0.5, 0.6) is 0 Å². The van der Waals surface area contributed by atoms with Crippen molar-refractivity contribution in [1.29, 1.82) is 0 Å². The van der Waals surface area contributed by atoms with E-state index in [2.05, 4.69) is 4.98 Å². The van der Waals surface area contributed by atoms with Crippen LogP contribution in [0.15, 0.2) is 41.5 Å². The zero-order valence-electron chi connectivity index (χ0n) is 9.54. The number of nitrogens with zero attached hydrogens (tertiary/aromatic N) is 1. The van der Waals surface area contributed by atoms with Crippen LogP contribution in [0.2, 0.25) is 0 Å². The first-order chi connectivity index (χ1) is 8.65. The van der Waals surface area contributed by atoms with E-state index < -0.39 is 11.9 Å². The van der Waals surface area contributed by atoms with E-state index in [1.165, 1.54) is 10.8 Å². The summed E-state index contributed by atoms with van der Waals surface area (Å²) in [7, 11) is 0. The Kier molecular flexibility index (Phi) is 3.29. The van der Waals surface area contributed by atoms with E-state index in [0.717, 1.165) is 0 Å². The maximum absolute atomic E-state index is 11.6. The van der Waals surface area contributed by atoms with E-state index in [1.54, 1.807) is 30.5 Å². The average molecular weight is 247 g/mol. The van der Waals surface area contributed by atoms with Gasteiger partial charge in [-0.25, -0.2) is 4.79 Å². The third-order valence-electron chi connectivity index (χ3n) is 2.75. The zero-order chi connectivity index (χ0) is 13.1. The molecule has 6 heteroatoms. The Morgan fingerprint density at radius 3 is 2.72 bits per heavy atom. The van der Waals surface area contributed by atoms with Crippen molar-refractivity contribution >= 4 is 5.97 Å². The molecule has 2 rings (SSSR count). The molecule has 0 radical (unpaired) electrons. The van der Waals surface area contributed by atoms with Gasteiger partial charge in [-0.3, -0.25) is 9.36 Å². The summed E-state index contributed by atoms with van der Waals surface area (Å²) in [6, 6.07) is 6.83. The van der Waals surface area contributed by atoms with Gasteiger partial charge in [0.1, 0.15) is 0 Å². The largest absolute Gasteiger partial charge is 0.481 e. The van der Waals surface area contributed by atoms with Crippen molar-refractivity contribution < 1.29 is 9.90 Å². The first-order valence-corrected chi connectivity index (χ1v) is 5.43. The second-order valence-corrected chi connectivity index (χ2v) is 3.82. The van der Waals surface area contributed by atoms with Crippen LogP contribution in [0.4, 0.5) is 0 Å². The SMILES string of the molecule is NCC(C(=O)O)c1ccccc1-n1cc[nH]c1=O. The number of para-hydroxylation sites is 1. The number of hydrogen-bond acceptors (Lipinski definition) is 3. The van der Waals surface area contributed by atoms with Crippen molar-refractivity contribution in [2.24, 2.45) is 5.73 Å². The van der Waals surface area contributed by atoms with Crippen molar-refractivity contribution in [3.63, 3.8) is 0 Å². The predicted molar refractivity (Wildman–Crippen MR) is 65.8 cm³/mol. The normalized spacial score (nSPS) is 12.3. The Bertz CT molecular complexity index is 615.